The van der Waals surface area contributed by atoms with Gasteiger partial charge in [0.2, 0.25) is 0 Å². The predicted molar refractivity (Wildman–Crippen MR) is 59.5 cm³/mol. The van der Waals surface area contributed by atoms with Crippen LogP contribution in [0.3, 0.4) is 0 Å². The third kappa shape index (κ3) is 1.31. The molecule has 74 valence electrons. The summed E-state index contributed by atoms with van der Waals surface area (Å²) in [5, 5.41) is 0. The number of aromatic nitrogens is 2. The predicted octanol–water partition coefficient (Wildman–Crippen LogP) is 3.01. The number of hydrogen-bond donors (Lipinski definition) is 0. The normalized spacial score (nSPS) is 11.5. The van der Waals surface area contributed by atoms with Crippen molar-refractivity contribution < 1.29 is 0 Å². The molecule has 1 heterocycles. The molecule has 0 bridgehead atoms. The number of hydrogen-bond acceptors (Lipinski definition) is 1. The van der Waals surface area contributed by atoms with Crippen LogP contribution >= 0.6 is 0 Å². The molecule has 0 atom stereocenters. The van der Waals surface area contributed by atoms with Gasteiger partial charge in [0.1, 0.15) is 0 Å². The lowest BCUT2D eigenvalue weighted by molar-refractivity contribution is 0.864. The fourth-order valence-corrected chi connectivity index (χ4v) is 1.76. The van der Waals surface area contributed by atoms with E-state index in [4.69, 9.17) is 0 Å². The van der Waals surface area contributed by atoms with E-state index in [1.807, 2.05) is 13.4 Å². The fraction of sp³-hybridized carbons (Fsp3) is 0.417. The van der Waals surface area contributed by atoms with Gasteiger partial charge in [-0.3, -0.25) is 0 Å². The van der Waals surface area contributed by atoms with E-state index < -0.39 is 0 Å². The Kier molecular flexibility index (Phi) is 2.06. The number of rotatable bonds is 1. The second-order valence-corrected chi connectivity index (χ2v) is 4.22. The highest BCUT2D eigenvalue weighted by atomic mass is 15.0. The van der Waals surface area contributed by atoms with Gasteiger partial charge in [0.15, 0.2) is 0 Å². The number of nitrogens with zero attached hydrogens (tertiary/aromatic N) is 2. The van der Waals surface area contributed by atoms with E-state index in [9.17, 15) is 0 Å². The molecule has 0 spiro atoms. The van der Waals surface area contributed by atoms with Crippen LogP contribution in [0, 0.1) is 6.92 Å². The van der Waals surface area contributed by atoms with Gasteiger partial charge in [-0.15, -0.1) is 0 Å². The summed E-state index contributed by atoms with van der Waals surface area (Å²) in [6.07, 6.45) is 1.88. The third-order valence-corrected chi connectivity index (χ3v) is 2.71. The second-order valence-electron chi connectivity index (χ2n) is 4.22. The highest BCUT2D eigenvalue weighted by molar-refractivity contribution is 5.79. The summed E-state index contributed by atoms with van der Waals surface area (Å²) in [5.74, 6) is 0.577. The molecule has 0 saturated carbocycles. The van der Waals surface area contributed by atoms with Gasteiger partial charge in [0, 0.05) is 7.05 Å². The van der Waals surface area contributed by atoms with E-state index in [0.717, 1.165) is 5.52 Å². The molecule has 2 nitrogen and oxygen atoms in total. The van der Waals surface area contributed by atoms with E-state index >= 15 is 0 Å². The number of fused-ring (bicyclic) bond motifs is 1. The monoisotopic (exact) mass is 188 g/mol. The average Bonchev–Trinajstić information content (AvgIpc) is 2.48. The molecule has 1 aromatic carbocycles. The molecule has 2 heteroatoms. The molecule has 0 aliphatic rings. The average molecular weight is 188 g/mol. The van der Waals surface area contributed by atoms with Crippen molar-refractivity contribution in [3.8, 4) is 0 Å². The molecule has 0 aliphatic heterocycles. The zero-order chi connectivity index (χ0) is 10.3. The van der Waals surface area contributed by atoms with Gasteiger partial charge < -0.3 is 4.57 Å². The van der Waals surface area contributed by atoms with E-state index in [1.54, 1.807) is 0 Å². The minimum absolute atomic E-state index is 0.577. The molecule has 0 amide bonds. The van der Waals surface area contributed by atoms with Gasteiger partial charge >= 0.3 is 0 Å². The van der Waals surface area contributed by atoms with Gasteiger partial charge in [-0.05, 0) is 30.0 Å². The van der Waals surface area contributed by atoms with Crippen LogP contribution in [0.4, 0.5) is 0 Å². The maximum absolute atomic E-state index is 4.38. The van der Waals surface area contributed by atoms with Crippen molar-refractivity contribution >= 4 is 11.0 Å². The first-order chi connectivity index (χ1) is 6.59. The van der Waals surface area contributed by atoms with Gasteiger partial charge in [0.25, 0.3) is 0 Å². The van der Waals surface area contributed by atoms with Crippen LogP contribution < -0.4 is 0 Å². The van der Waals surface area contributed by atoms with Crippen LogP contribution in [-0.2, 0) is 7.05 Å². The van der Waals surface area contributed by atoms with E-state index in [0.29, 0.717) is 5.92 Å². The van der Waals surface area contributed by atoms with Crippen molar-refractivity contribution in [1.29, 1.82) is 0 Å². The quantitative estimate of drug-likeness (QED) is 0.672. The topological polar surface area (TPSA) is 17.8 Å². The Bertz CT molecular complexity index is 466. The maximum atomic E-state index is 4.38. The van der Waals surface area contributed by atoms with Gasteiger partial charge in [-0.2, -0.15) is 0 Å². The summed E-state index contributed by atoms with van der Waals surface area (Å²) < 4.78 is 2.08. The zero-order valence-corrected chi connectivity index (χ0v) is 9.20. The van der Waals surface area contributed by atoms with Crippen LogP contribution in [0.1, 0.15) is 30.9 Å². The zero-order valence-electron chi connectivity index (χ0n) is 9.20. The summed E-state index contributed by atoms with van der Waals surface area (Å²) in [5.41, 5.74) is 5.01. The van der Waals surface area contributed by atoms with Crippen molar-refractivity contribution in [2.24, 2.45) is 7.05 Å². The molecule has 14 heavy (non-hydrogen) atoms. The van der Waals surface area contributed by atoms with Crippen LogP contribution in [0.15, 0.2) is 18.5 Å². The highest BCUT2D eigenvalue weighted by Crippen LogP contribution is 2.23. The van der Waals surface area contributed by atoms with Crippen LogP contribution in [0.2, 0.25) is 0 Å². The number of aryl methyl sites for hydroxylation is 2. The molecule has 0 saturated heterocycles. The molecule has 0 unspecified atom stereocenters. The van der Waals surface area contributed by atoms with Gasteiger partial charge in [-0.25, -0.2) is 4.98 Å². The number of imidazole rings is 1. The molecular weight excluding hydrogens is 172 g/mol. The van der Waals surface area contributed by atoms with E-state index in [2.05, 4.69) is 42.5 Å². The minimum Gasteiger partial charge on any atom is -0.334 e. The van der Waals surface area contributed by atoms with Crippen molar-refractivity contribution in [2.45, 2.75) is 26.7 Å². The largest absolute Gasteiger partial charge is 0.334 e. The molecule has 0 fully saturated rings. The van der Waals surface area contributed by atoms with Crippen molar-refractivity contribution in [3.05, 3.63) is 29.6 Å². The molecule has 0 radical (unpaired) electrons. The lowest BCUT2D eigenvalue weighted by Crippen LogP contribution is -1.91. The first kappa shape index (κ1) is 9.25. The lowest BCUT2D eigenvalue weighted by atomic mass is 10.0. The third-order valence-electron chi connectivity index (χ3n) is 2.71. The SMILES string of the molecule is Cc1cc(C(C)C)cc2c1ncn2C. The molecular formula is C12H16N2. The lowest BCUT2D eigenvalue weighted by Gasteiger charge is -2.07. The Balaban J connectivity index is 2.75. The summed E-state index contributed by atoms with van der Waals surface area (Å²) >= 11 is 0. The van der Waals surface area contributed by atoms with Gasteiger partial charge in [-0.1, -0.05) is 19.9 Å². The molecule has 0 N–H and O–H groups in total. The second kappa shape index (κ2) is 3.12. The molecule has 0 aliphatic carbocycles. The Labute approximate surface area is 84.6 Å². The van der Waals surface area contributed by atoms with Gasteiger partial charge in [0.05, 0.1) is 17.4 Å². The van der Waals surface area contributed by atoms with Crippen LogP contribution in [-0.4, -0.2) is 9.55 Å². The summed E-state index contributed by atoms with van der Waals surface area (Å²) in [6.45, 7) is 6.56. The summed E-state index contributed by atoms with van der Waals surface area (Å²) in [4.78, 5) is 4.38. The Morgan fingerprint density at radius 1 is 1.29 bits per heavy atom. The van der Waals surface area contributed by atoms with Crippen molar-refractivity contribution in [2.75, 3.05) is 0 Å². The molecule has 2 aromatic rings. The highest BCUT2D eigenvalue weighted by Gasteiger charge is 2.07. The minimum atomic E-state index is 0.577. The first-order valence-corrected chi connectivity index (χ1v) is 5.01. The molecule has 1 aromatic heterocycles. The van der Waals surface area contributed by atoms with E-state index in [-0.39, 0.29) is 0 Å². The van der Waals surface area contributed by atoms with E-state index in [1.165, 1.54) is 16.6 Å². The molecule has 2 rings (SSSR count). The van der Waals surface area contributed by atoms with Crippen LogP contribution in [0.5, 0.6) is 0 Å². The smallest absolute Gasteiger partial charge is 0.0955 e. The number of benzene rings is 1. The maximum Gasteiger partial charge on any atom is 0.0955 e. The summed E-state index contributed by atoms with van der Waals surface area (Å²) in [7, 11) is 2.04. The standard InChI is InChI=1S/C12H16N2/c1-8(2)10-5-9(3)12-11(6-10)14(4)7-13-12/h5-8H,1-4H3. The first-order valence-electron chi connectivity index (χ1n) is 5.01. The van der Waals surface area contributed by atoms with Crippen molar-refractivity contribution in [3.63, 3.8) is 0 Å². The Morgan fingerprint density at radius 3 is 2.64 bits per heavy atom. The Hall–Kier alpha value is -1.31. The Morgan fingerprint density at radius 2 is 2.00 bits per heavy atom. The fourth-order valence-electron chi connectivity index (χ4n) is 1.76. The summed E-state index contributed by atoms with van der Waals surface area (Å²) in [6, 6.07) is 4.47. The van der Waals surface area contributed by atoms with Crippen molar-refractivity contribution in [1.82, 2.24) is 9.55 Å². The van der Waals surface area contributed by atoms with Crippen LogP contribution in [0.25, 0.3) is 11.0 Å².